The van der Waals surface area contributed by atoms with Crippen LogP contribution in [0.5, 0.6) is 0 Å². The van der Waals surface area contributed by atoms with E-state index in [0.717, 1.165) is 31.5 Å². The van der Waals surface area contributed by atoms with Crippen molar-refractivity contribution in [1.82, 2.24) is 4.90 Å². The summed E-state index contributed by atoms with van der Waals surface area (Å²) in [5.74, 6) is 0.454. The summed E-state index contributed by atoms with van der Waals surface area (Å²) in [5.41, 5.74) is 13.1. The Bertz CT molecular complexity index is 433. The molecule has 1 aliphatic rings. The van der Waals surface area contributed by atoms with Gasteiger partial charge in [0.2, 0.25) is 5.91 Å². The van der Waals surface area contributed by atoms with E-state index in [9.17, 15) is 4.79 Å². The van der Waals surface area contributed by atoms with Crippen molar-refractivity contribution < 1.29 is 4.79 Å². The van der Waals surface area contributed by atoms with Gasteiger partial charge < -0.3 is 16.4 Å². The second-order valence-electron chi connectivity index (χ2n) is 5.84. The minimum absolute atomic E-state index is 0.0548. The van der Waals surface area contributed by atoms with Crippen LogP contribution < -0.4 is 11.5 Å². The van der Waals surface area contributed by atoms with Crippen LogP contribution in [-0.4, -0.2) is 36.0 Å². The topological polar surface area (TPSA) is 72.3 Å². The number of carbonyl (C=O) groups is 1. The smallest absolute Gasteiger partial charge is 0.239 e. The average molecular weight is 275 g/mol. The van der Waals surface area contributed by atoms with Crippen molar-refractivity contribution in [2.45, 2.75) is 38.3 Å². The van der Waals surface area contributed by atoms with Crippen molar-refractivity contribution in [1.29, 1.82) is 0 Å². The monoisotopic (exact) mass is 275 g/mol. The zero-order chi connectivity index (χ0) is 14.5. The van der Waals surface area contributed by atoms with Crippen molar-refractivity contribution in [3.05, 3.63) is 35.9 Å². The summed E-state index contributed by atoms with van der Waals surface area (Å²) in [6.45, 7) is 3.58. The normalized spacial score (nSPS) is 22.4. The number of rotatable bonds is 4. The molecule has 1 amide bonds. The molecule has 1 saturated heterocycles. The molecule has 4 N–H and O–H groups in total. The highest BCUT2D eigenvalue weighted by molar-refractivity contribution is 5.82. The number of nitrogens with zero attached hydrogens (tertiary/aromatic N) is 1. The molecule has 0 aliphatic carbocycles. The van der Waals surface area contributed by atoms with Gasteiger partial charge >= 0.3 is 0 Å². The fourth-order valence-electron chi connectivity index (χ4n) is 2.83. The average Bonchev–Trinajstić information content (AvgIpc) is 2.47. The first kappa shape index (κ1) is 15.0. The highest BCUT2D eigenvalue weighted by Crippen LogP contribution is 2.19. The van der Waals surface area contributed by atoms with E-state index in [1.807, 2.05) is 42.2 Å². The van der Waals surface area contributed by atoms with Gasteiger partial charge in [0.25, 0.3) is 0 Å². The second-order valence-corrected chi connectivity index (χ2v) is 5.84. The van der Waals surface area contributed by atoms with Crippen molar-refractivity contribution in [3.63, 3.8) is 0 Å². The molecule has 1 aromatic carbocycles. The lowest BCUT2D eigenvalue weighted by Crippen LogP contribution is -2.51. The van der Waals surface area contributed by atoms with Crippen LogP contribution in [0.2, 0.25) is 0 Å². The number of benzene rings is 1. The lowest BCUT2D eigenvalue weighted by molar-refractivity contribution is -0.134. The third-order valence-corrected chi connectivity index (χ3v) is 4.13. The molecule has 0 unspecified atom stereocenters. The summed E-state index contributed by atoms with van der Waals surface area (Å²) in [7, 11) is 0. The molecule has 110 valence electrons. The Hall–Kier alpha value is -1.39. The van der Waals surface area contributed by atoms with E-state index in [2.05, 4.69) is 0 Å². The maximum absolute atomic E-state index is 12.4. The molecule has 0 spiro atoms. The first-order chi connectivity index (χ1) is 9.58. The van der Waals surface area contributed by atoms with Gasteiger partial charge in [-0.1, -0.05) is 30.3 Å². The molecule has 1 fully saturated rings. The van der Waals surface area contributed by atoms with Gasteiger partial charge in [-0.3, -0.25) is 4.79 Å². The van der Waals surface area contributed by atoms with Crippen molar-refractivity contribution in [2.75, 3.05) is 13.1 Å². The lowest BCUT2D eigenvalue weighted by atomic mass is 9.91. The van der Waals surface area contributed by atoms with E-state index < -0.39 is 6.04 Å². The van der Waals surface area contributed by atoms with Gasteiger partial charge in [0.1, 0.15) is 0 Å². The molecule has 2 rings (SSSR count). The van der Waals surface area contributed by atoms with Gasteiger partial charge in [0.05, 0.1) is 6.04 Å². The Labute approximate surface area is 121 Å². The van der Waals surface area contributed by atoms with E-state index in [1.165, 1.54) is 0 Å². The molecule has 4 heteroatoms. The van der Waals surface area contributed by atoms with Crippen LogP contribution in [0.3, 0.4) is 0 Å². The van der Waals surface area contributed by atoms with Crippen LogP contribution in [-0.2, 0) is 11.2 Å². The fourth-order valence-corrected chi connectivity index (χ4v) is 2.83. The maximum Gasteiger partial charge on any atom is 0.239 e. The van der Waals surface area contributed by atoms with E-state index in [-0.39, 0.29) is 11.9 Å². The predicted octanol–water partition coefficient (Wildman–Crippen LogP) is 1.14. The van der Waals surface area contributed by atoms with Gasteiger partial charge in [-0.2, -0.15) is 0 Å². The minimum Gasteiger partial charge on any atom is -0.341 e. The SMILES string of the molecule is C[C@H](N)[C@@H]1CCCN(C(=O)[C@@H](N)Cc2ccccc2)C1. The number of amides is 1. The molecule has 3 atom stereocenters. The van der Waals surface area contributed by atoms with Gasteiger partial charge in [0, 0.05) is 19.1 Å². The van der Waals surface area contributed by atoms with Gasteiger partial charge in [-0.15, -0.1) is 0 Å². The van der Waals surface area contributed by atoms with Crippen LogP contribution in [0.15, 0.2) is 30.3 Å². The molecule has 4 nitrogen and oxygen atoms in total. The Morgan fingerprint density at radius 2 is 2.05 bits per heavy atom. The minimum atomic E-state index is -0.454. The highest BCUT2D eigenvalue weighted by Gasteiger charge is 2.28. The highest BCUT2D eigenvalue weighted by atomic mass is 16.2. The second kappa shape index (κ2) is 6.86. The Balaban J connectivity index is 1.93. The zero-order valence-electron chi connectivity index (χ0n) is 12.2. The zero-order valence-corrected chi connectivity index (χ0v) is 12.2. The molecule has 0 radical (unpaired) electrons. The van der Waals surface area contributed by atoms with Crippen LogP contribution >= 0.6 is 0 Å². The number of carbonyl (C=O) groups excluding carboxylic acids is 1. The molecular weight excluding hydrogens is 250 g/mol. The molecule has 1 aromatic rings. The van der Waals surface area contributed by atoms with Crippen molar-refractivity contribution in [2.24, 2.45) is 17.4 Å². The quantitative estimate of drug-likeness (QED) is 0.865. The Morgan fingerprint density at radius 3 is 2.70 bits per heavy atom. The van der Waals surface area contributed by atoms with Crippen molar-refractivity contribution >= 4 is 5.91 Å². The van der Waals surface area contributed by atoms with E-state index in [0.29, 0.717) is 12.3 Å². The predicted molar refractivity (Wildman–Crippen MR) is 81.1 cm³/mol. The standard InChI is InChI=1S/C16H25N3O/c1-12(17)14-8-5-9-19(11-14)16(20)15(18)10-13-6-3-2-4-7-13/h2-4,6-7,12,14-15H,5,8-11,17-18H2,1H3/t12-,14+,15-/m0/s1. The number of likely N-dealkylation sites (tertiary alicyclic amines) is 1. The number of piperidine rings is 1. The summed E-state index contributed by atoms with van der Waals surface area (Å²) in [4.78, 5) is 14.3. The van der Waals surface area contributed by atoms with Crippen LogP contribution in [0.25, 0.3) is 0 Å². The molecule has 1 aliphatic heterocycles. The number of hydrogen-bond acceptors (Lipinski definition) is 3. The largest absolute Gasteiger partial charge is 0.341 e. The first-order valence-electron chi connectivity index (χ1n) is 7.42. The van der Waals surface area contributed by atoms with E-state index in [4.69, 9.17) is 11.5 Å². The third kappa shape index (κ3) is 3.81. The Kier molecular flexibility index (Phi) is 5.15. The Morgan fingerprint density at radius 1 is 1.35 bits per heavy atom. The summed E-state index contributed by atoms with van der Waals surface area (Å²) in [5, 5.41) is 0. The van der Waals surface area contributed by atoms with Crippen LogP contribution in [0.4, 0.5) is 0 Å². The van der Waals surface area contributed by atoms with E-state index in [1.54, 1.807) is 0 Å². The summed E-state index contributed by atoms with van der Waals surface area (Å²) in [6.07, 6.45) is 2.73. The first-order valence-corrected chi connectivity index (χ1v) is 7.42. The van der Waals surface area contributed by atoms with Gasteiger partial charge in [-0.25, -0.2) is 0 Å². The number of nitrogens with two attached hydrogens (primary N) is 2. The van der Waals surface area contributed by atoms with Crippen LogP contribution in [0, 0.1) is 5.92 Å². The molecule has 20 heavy (non-hydrogen) atoms. The lowest BCUT2D eigenvalue weighted by Gasteiger charge is -2.36. The molecule has 0 aromatic heterocycles. The summed E-state index contributed by atoms with van der Waals surface area (Å²) >= 11 is 0. The molecular formula is C16H25N3O. The maximum atomic E-state index is 12.4. The number of hydrogen-bond donors (Lipinski definition) is 2. The van der Waals surface area contributed by atoms with Gasteiger partial charge in [-0.05, 0) is 37.7 Å². The van der Waals surface area contributed by atoms with E-state index >= 15 is 0 Å². The van der Waals surface area contributed by atoms with Gasteiger partial charge in [0.15, 0.2) is 0 Å². The molecule has 0 saturated carbocycles. The fraction of sp³-hybridized carbons (Fsp3) is 0.562. The molecule has 0 bridgehead atoms. The summed E-state index contributed by atoms with van der Waals surface area (Å²) in [6, 6.07) is 9.61. The summed E-state index contributed by atoms with van der Waals surface area (Å²) < 4.78 is 0. The van der Waals surface area contributed by atoms with Crippen molar-refractivity contribution in [3.8, 4) is 0 Å². The third-order valence-electron chi connectivity index (χ3n) is 4.13. The van der Waals surface area contributed by atoms with Crippen LogP contribution in [0.1, 0.15) is 25.3 Å². The molecule has 1 heterocycles.